The van der Waals surface area contributed by atoms with Gasteiger partial charge in [-0.2, -0.15) is 13.2 Å². The summed E-state index contributed by atoms with van der Waals surface area (Å²) in [4.78, 5) is 16.4. The Hall–Kier alpha value is -2.94. The van der Waals surface area contributed by atoms with Gasteiger partial charge >= 0.3 is 6.18 Å². The maximum atomic E-state index is 12.6. The Morgan fingerprint density at radius 3 is 2.57 bits per heavy atom. The summed E-state index contributed by atoms with van der Waals surface area (Å²) >= 11 is 1.21. The number of methoxy groups -OCH3 is 1. The van der Waals surface area contributed by atoms with Crippen molar-refractivity contribution in [2.45, 2.75) is 11.3 Å². The highest BCUT2D eigenvalue weighted by molar-refractivity contribution is 7.99. The molecule has 0 aliphatic heterocycles. The molecule has 3 rings (SSSR count). The second-order valence-electron chi connectivity index (χ2n) is 5.66. The number of hydrogen-bond donors (Lipinski definition) is 1. The molecule has 2 aromatic carbocycles. The van der Waals surface area contributed by atoms with Crippen LogP contribution in [0.4, 0.5) is 18.9 Å². The van der Waals surface area contributed by atoms with Gasteiger partial charge in [-0.05, 0) is 36.4 Å². The molecule has 1 N–H and O–H groups in total. The molecule has 0 unspecified atom stereocenters. The number of rotatable bonds is 6. The van der Waals surface area contributed by atoms with Gasteiger partial charge in [0.05, 0.1) is 24.1 Å². The summed E-state index contributed by atoms with van der Waals surface area (Å²) in [5.74, 6) is 0.364. The maximum Gasteiger partial charge on any atom is 0.416 e. The zero-order chi connectivity index (χ0) is 20.1. The minimum absolute atomic E-state index is 0.0488. The lowest BCUT2D eigenvalue weighted by atomic mass is 10.2. The van der Waals surface area contributed by atoms with Gasteiger partial charge in [0, 0.05) is 18.1 Å². The number of benzene rings is 2. The monoisotopic (exact) mass is 407 g/mol. The molecule has 9 heteroatoms. The number of carbonyl (C=O) groups excluding carboxylic acids is 1. The van der Waals surface area contributed by atoms with Crippen LogP contribution in [0.1, 0.15) is 5.56 Å². The number of nitrogens with zero attached hydrogens (tertiary/aromatic N) is 2. The van der Waals surface area contributed by atoms with Crippen LogP contribution in [0.25, 0.3) is 5.69 Å². The quantitative estimate of drug-likeness (QED) is 0.606. The standard InChI is InChI=1S/C19H16F3N3O2S/c1-27-16-5-3-2-4-15(16)25-11-10-23-18(25)28-12-17(26)24-14-8-6-13(7-9-14)19(20,21)22/h2-11H,12H2,1H3,(H,24,26). The summed E-state index contributed by atoms with van der Waals surface area (Å²) in [6.07, 6.45) is -1.04. The molecule has 0 aliphatic carbocycles. The van der Waals surface area contributed by atoms with Crippen molar-refractivity contribution in [3.05, 3.63) is 66.5 Å². The van der Waals surface area contributed by atoms with Gasteiger partial charge in [-0.25, -0.2) is 4.98 Å². The number of hydrogen-bond acceptors (Lipinski definition) is 4. The van der Waals surface area contributed by atoms with Crippen molar-refractivity contribution in [2.75, 3.05) is 18.2 Å². The van der Waals surface area contributed by atoms with Crippen molar-refractivity contribution in [3.63, 3.8) is 0 Å². The van der Waals surface area contributed by atoms with Crippen molar-refractivity contribution in [1.82, 2.24) is 9.55 Å². The predicted molar refractivity (Wildman–Crippen MR) is 101 cm³/mol. The number of amides is 1. The van der Waals surface area contributed by atoms with Crippen LogP contribution in [-0.2, 0) is 11.0 Å². The summed E-state index contributed by atoms with van der Waals surface area (Å²) in [6, 6.07) is 11.7. The van der Waals surface area contributed by atoms with Gasteiger partial charge in [0.25, 0.3) is 0 Å². The van der Waals surface area contributed by atoms with E-state index < -0.39 is 11.7 Å². The number of thioether (sulfide) groups is 1. The van der Waals surface area contributed by atoms with E-state index in [0.717, 1.165) is 17.8 Å². The van der Waals surface area contributed by atoms with Gasteiger partial charge in [-0.15, -0.1) is 0 Å². The van der Waals surface area contributed by atoms with E-state index in [4.69, 9.17) is 4.74 Å². The molecule has 0 aliphatic rings. The lowest BCUT2D eigenvalue weighted by Crippen LogP contribution is -2.15. The highest BCUT2D eigenvalue weighted by Crippen LogP contribution is 2.30. The molecular weight excluding hydrogens is 391 g/mol. The Kier molecular flexibility index (Phi) is 5.93. The summed E-state index contributed by atoms with van der Waals surface area (Å²) in [6.45, 7) is 0. The Labute approximate surface area is 163 Å². The molecule has 3 aromatic rings. The molecule has 0 bridgehead atoms. The van der Waals surface area contributed by atoms with Gasteiger partial charge in [0.2, 0.25) is 5.91 Å². The van der Waals surface area contributed by atoms with Crippen molar-refractivity contribution in [3.8, 4) is 11.4 Å². The SMILES string of the molecule is COc1ccccc1-n1ccnc1SCC(=O)Nc1ccc(C(F)(F)F)cc1. The number of halogens is 3. The molecule has 1 heterocycles. The van der Waals surface area contributed by atoms with Crippen LogP contribution >= 0.6 is 11.8 Å². The molecule has 0 spiro atoms. The number of carbonyl (C=O) groups is 1. The minimum Gasteiger partial charge on any atom is -0.495 e. The van der Waals surface area contributed by atoms with Gasteiger partial charge in [-0.3, -0.25) is 9.36 Å². The molecule has 28 heavy (non-hydrogen) atoms. The first kappa shape index (κ1) is 19.8. The lowest BCUT2D eigenvalue weighted by Gasteiger charge is -2.12. The molecule has 1 aromatic heterocycles. The van der Waals surface area contributed by atoms with E-state index in [1.54, 1.807) is 24.1 Å². The fourth-order valence-corrected chi connectivity index (χ4v) is 3.24. The van der Waals surface area contributed by atoms with E-state index in [-0.39, 0.29) is 11.7 Å². The maximum absolute atomic E-state index is 12.6. The summed E-state index contributed by atoms with van der Waals surface area (Å²) in [5, 5.41) is 3.17. The first-order valence-corrected chi connectivity index (χ1v) is 9.13. The minimum atomic E-state index is -4.41. The average molecular weight is 407 g/mol. The predicted octanol–water partition coefficient (Wildman–Crippen LogP) is 4.63. The van der Waals surface area contributed by atoms with Crippen molar-refractivity contribution < 1.29 is 22.7 Å². The van der Waals surface area contributed by atoms with Gasteiger partial charge in [0.15, 0.2) is 5.16 Å². The topological polar surface area (TPSA) is 56.2 Å². The smallest absolute Gasteiger partial charge is 0.416 e. The summed E-state index contributed by atoms with van der Waals surface area (Å²) < 4.78 is 44.9. The van der Waals surface area contributed by atoms with Crippen LogP contribution in [0.2, 0.25) is 0 Å². The van der Waals surface area contributed by atoms with Crippen LogP contribution < -0.4 is 10.1 Å². The van der Waals surface area contributed by atoms with Crippen LogP contribution in [0.15, 0.2) is 66.1 Å². The average Bonchev–Trinajstić information content (AvgIpc) is 3.14. The van der Waals surface area contributed by atoms with E-state index in [2.05, 4.69) is 10.3 Å². The highest BCUT2D eigenvalue weighted by atomic mass is 32.2. The first-order chi connectivity index (χ1) is 13.4. The molecule has 146 valence electrons. The van der Waals surface area contributed by atoms with Crippen molar-refractivity contribution >= 4 is 23.4 Å². The van der Waals surface area contributed by atoms with Crippen LogP contribution in [0.5, 0.6) is 5.75 Å². The number of nitrogens with one attached hydrogen (secondary N) is 1. The van der Waals surface area contributed by atoms with E-state index in [1.807, 2.05) is 24.3 Å². The van der Waals surface area contributed by atoms with Crippen LogP contribution in [0, 0.1) is 0 Å². The number of alkyl halides is 3. The molecule has 5 nitrogen and oxygen atoms in total. The van der Waals surface area contributed by atoms with E-state index in [1.165, 1.54) is 23.9 Å². The second-order valence-corrected chi connectivity index (χ2v) is 6.61. The molecule has 0 saturated carbocycles. The van der Waals surface area contributed by atoms with Gasteiger partial charge < -0.3 is 10.1 Å². The number of imidazole rings is 1. The third kappa shape index (κ3) is 4.66. The Balaban J connectivity index is 1.64. The lowest BCUT2D eigenvalue weighted by molar-refractivity contribution is -0.137. The number of anilines is 1. The zero-order valence-electron chi connectivity index (χ0n) is 14.7. The first-order valence-electron chi connectivity index (χ1n) is 8.15. The van der Waals surface area contributed by atoms with Crippen molar-refractivity contribution in [1.29, 1.82) is 0 Å². The Morgan fingerprint density at radius 1 is 1.18 bits per heavy atom. The fourth-order valence-electron chi connectivity index (χ4n) is 2.48. The van der Waals surface area contributed by atoms with E-state index >= 15 is 0 Å². The second kappa shape index (κ2) is 8.39. The zero-order valence-corrected chi connectivity index (χ0v) is 15.6. The normalized spacial score (nSPS) is 11.3. The van der Waals surface area contributed by atoms with E-state index in [9.17, 15) is 18.0 Å². The highest BCUT2D eigenvalue weighted by Gasteiger charge is 2.30. The molecule has 0 radical (unpaired) electrons. The molecule has 0 saturated heterocycles. The van der Waals surface area contributed by atoms with Crippen LogP contribution in [-0.4, -0.2) is 28.3 Å². The number of aromatic nitrogens is 2. The Bertz CT molecular complexity index is 956. The van der Waals surface area contributed by atoms with Gasteiger partial charge in [-0.1, -0.05) is 23.9 Å². The van der Waals surface area contributed by atoms with Gasteiger partial charge in [0.1, 0.15) is 5.75 Å². The largest absolute Gasteiger partial charge is 0.495 e. The number of para-hydroxylation sites is 2. The number of ether oxygens (including phenoxy) is 1. The fraction of sp³-hybridized carbons (Fsp3) is 0.158. The van der Waals surface area contributed by atoms with E-state index in [0.29, 0.717) is 16.6 Å². The molecular formula is C19H16F3N3O2S. The molecule has 1 amide bonds. The van der Waals surface area contributed by atoms with Crippen LogP contribution in [0.3, 0.4) is 0 Å². The summed E-state index contributed by atoms with van der Waals surface area (Å²) in [7, 11) is 1.57. The third-order valence-electron chi connectivity index (χ3n) is 3.78. The molecule has 0 atom stereocenters. The summed E-state index contributed by atoms with van der Waals surface area (Å²) in [5.41, 5.74) is 0.318. The van der Waals surface area contributed by atoms with Crippen molar-refractivity contribution in [2.24, 2.45) is 0 Å². The third-order valence-corrected chi connectivity index (χ3v) is 4.75. The Morgan fingerprint density at radius 2 is 1.89 bits per heavy atom. The molecule has 0 fully saturated rings.